The summed E-state index contributed by atoms with van der Waals surface area (Å²) < 4.78 is 0. The van der Waals surface area contributed by atoms with Crippen molar-refractivity contribution in [3.8, 4) is 11.4 Å². The van der Waals surface area contributed by atoms with E-state index >= 15 is 0 Å². The number of aromatic amines is 1. The highest BCUT2D eigenvalue weighted by Crippen LogP contribution is 2.18. The lowest BCUT2D eigenvalue weighted by Gasteiger charge is -2.18. The van der Waals surface area contributed by atoms with E-state index in [4.69, 9.17) is 0 Å². The van der Waals surface area contributed by atoms with Crippen molar-refractivity contribution in [1.82, 2.24) is 15.2 Å². The number of carbonyl (C=O) groups excluding carboxylic acids is 1. The van der Waals surface area contributed by atoms with Crippen LogP contribution in [0.25, 0.3) is 11.4 Å². The second-order valence-corrected chi connectivity index (χ2v) is 5.91. The predicted octanol–water partition coefficient (Wildman–Crippen LogP) is 3.85. The molecule has 0 bridgehead atoms. The SMILES string of the molecule is CCCCN(C(=O)Cc1ccccc1)c1n[nH]c(-c2ccccc2)n1. The Labute approximate surface area is 147 Å². The molecule has 0 saturated heterocycles. The van der Waals surface area contributed by atoms with Crippen molar-refractivity contribution in [3.05, 3.63) is 66.2 Å². The average Bonchev–Trinajstić information content (AvgIpc) is 3.13. The van der Waals surface area contributed by atoms with E-state index in [0.29, 0.717) is 24.7 Å². The minimum Gasteiger partial charge on any atom is -0.279 e. The van der Waals surface area contributed by atoms with Gasteiger partial charge in [0.15, 0.2) is 5.82 Å². The highest BCUT2D eigenvalue weighted by atomic mass is 16.2. The fraction of sp³-hybridized carbons (Fsp3) is 0.250. The summed E-state index contributed by atoms with van der Waals surface area (Å²) in [6, 6.07) is 19.5. The molecule has 3 rings (SSSR count). The van der Waals surface area contributed by atoms with Gasteiger partial charge in [0.2, 0.25) is 5.91 Å². The summed E-state index contributed by atoms with van der Waals surface area (Å²) >= 11 is 0. The lowest BCUT2D eigenvalue weighted by Crippen LogP contribution is -2.34. The second kappa shape index (κ2) is 8.24. The first kappa shape index (κ1) is 16.9. The molecule has 0 aliphatic rings. The predicted molar refractivity (Wildman–Crippen MR) is 99.2 cm³/mol. The smallest absolute Gasteiger partial charge is 0.251 e. The number of hydrogen-bond donors (Lipinski definition) is 1. The molecule has 0 aliphatic heterocycles. The molecule has 1 aromatic heterocycles. The van der Waals surface area contributed by atoms with Gasteiger partial charge < -0.3 is 0 Å². The summed E-state index contributed by atoms with van der Waals surface area (Å²) in [6.45, 7) is 2.72. The van der Waals surface area contributed by atoms with Gasteiger partial charge in [-0.1, -0.05) is 74.0 Å². The summed E-state index contributed by atoms with van der Waals surface area (Å²) in [5.41, 5.74) is 1.94. The van der Waals surface area contributed by atoms with Gasteiger partial charge >= 0.3 is 0 Å². The van der Waals surface area contributed by atoms with Crippen molar-refractivity contribution in [1.29, 1.82) is 0 Å². The largest absolute Gasteiger partial charge is 0.279 e. The number of anilines is 1. The van der Waals surface area contributed by atoms with E-state index in [1.807, 2.05) is 60.7 Å². The fourth-order valence-electron chi connectivity index (χ4n) is 2.62. The van der Waals surface area contributed by atoms with Crippen molar-refractivity contribution in [2.45, 2.75) is 26.2 Å². The maximum Gasteiger partial charge on any atom is 0.251 e. The van der Waals surface area contributed by atoms with Crippen LogP contribution in [0.1, 0.15) is 25.3 Å². The number of benzene rings is 2. The van der Waals surface area contributed by atoms with Gasteiger partial charge in [0.05, 0.1) is 6.42 Å². The molecule has 0 radical (unpaired) electrons. The van der Waals surface area contributed by atoms with Gasteiger partial charge in [0.1, 0.15) is 0 Å². The molecule has 1 N–H and O–H groups in total. The first-order chi connectivity index (χ1) is 12.3. The van der Waals surface area contributed by atoms with E-state index in [0.717, 1.165) is 24.0 Å². The molecule has 1 heterocycles. The third kappa shape index (κ3) is 4.32. The lowest BCUT2D eigenvalue weighted by atomic mass is 10.1. The molecule has 0 fully saturated rings. The molecule has 0 atom stereocenters. The van der Waals surface area contributed by atoms with Gasteiger partial charge in [0, 0.05) is 12.1 Å². The summed E-state index contributed by atoms with van der Waals surface area (Å²) in [7, 11) is 0. The highest BCUT2D eigenvalue weighted by molar-refractivity contribution is 5.93. The zero-order chi connectivity index (χ0) is 17.5. The molecular weight excluding hydrogens is 312 g/mol. The van der Waals surface area contributed by atoms with Gasteiger partial charge in [-0.15, -0.1) is 5.10 Å². The Kier molecular flexibility index (Phi) is 5.57. The molecule has 25 heavy (non-hydrogen) atoms. The number of aromatic nitrogens is 3. The van der Waals surface area contributed by atoms with Crippen LogP contribution in [0, 0.1) is 0 Å². The van der Waals surface area contributed by atoms with Crippen molar-refractivity contribution in [3.63, 3.8) is 0 Å². The average molecular weight is 334 g/mol. The highest BCUT2D eigenvalue weighted by Gasteiger charge is 2.20. The van der Waals surface area contributed by atoms with Crippen LogP contribution >= 0.6 is 0 Å². The molecule has 2 aromatic carbocycles. The Morgan fingerprint density at radius 2 is 1.72 bits per heavy atom. The van der Waals surface area contributed by atoms with E-state index in [1.54, 1.807) is 4.90 Å². The number of rotatable bonds is 7. The monoisotopic (exact) mass is 334 g/mol. The number of nitrogens with one attached hydrogen (secondary N) is 1. The van der Waals surface area contributed by atoms with E-state index in [9.17, 15) is 4.79 Å². The quantitative estimate of drug-likeness (QED) is 0.714. The third-order valence-electron chi connectivity index (χ3n) is 4.00. The minimum atomic E-state index is 0.0123. The van der Waals surface area contributed by atoms with E-state index in [-0.39, 0.29) is 5.91 Å². The molecule has 0 unspecified atom stereocenters. The molecule has 5 heteroatoms. The Hall–Kier alpha value is -2.95. The van der Waals surface area contributed by atoms with Crippen LogP contribution in [0.15, 0.2) is 60.7 Å². The van der Waals surface area contributed by atoms with E-state index in [1.165, 1.54) is 0 Å². The summed E-state index contributed by atoms with van der Waals surface area (Å²) in [5, 5.41) is 7.22. The van der Waals surface area contributed by atoms with Gasteiger partial charge in [-0.25, -0.2) is 0 Å². The molecule has 5 nitrogen and oxygen atoms in total. The van der Waals surface area contributed by atoms with Crippen molar-refractivity contribution in [2.75, 3.05) is 11.4 Å². The first-order valence-corrected chi connectivity index (χ1v) is 8.60. The number of unbranched alkanes of at least 4 members (excludes halogenated alkanes) is 1. The third-order valence-corrected chi connectivity index (χ3v) is 4.00. The van der Waals surface area contributed by atoms with E-state index < -0.39 is 0 Å². The molecule has 3 aromatic rings. The molecule has 1 amide bonds. The maximum absolute atomic E-state index is 12.8. The van der Waals surface area contributed by atoms with Crippen molar-refractivity contribution < 1.29 is 4.79 Å². The summed E-state index contributed by atoms with van der Waals surface area (Å²) in [6.07, 6.45) is 2.26. The molecule has 128 valence electrons. The van der Waals surface area contributed by atoms with Crippen molar-refractivity contribution >= 4 is 11.9 Å². The topological polar surface area (TPSA) is 61.9 Å². The Morgan fingerprint density at radius 3 is 2.40 bits per heavy atom. The lowest BCUT2D eigenvalue weighted by molar-refractivity contribution is -0.118. The van der Waals surface area contributed by atoms with Crippen molar-refractivity contribution in [2.24, 2.45) is 0 Å². The standard InChI is InChI=1S/C20H22N4O/c1-2-3-14-24(18(25)15-16-10-6-4-7-11-16)20-21-19(22-23-20)17-12-8-5-9-13-17/h4-13H,2-3,14-15H2,1H3,(H,21,22,23). The maximum atomic E-state index is 12.8. The van der Waals surface area contributed by atoms with Crippen LogP contribution in [0.3, 0.4) is 0 Å². The zero-order valence-electron chi connectivity index (χ0n) is 14.4. The fourth-order valence-corrected chi connectivity index (χ4v) is 2.62. The number of carbonyl (C=O) groups is 1. The summed E-state index contributed by atoms with van der Waals surface area (Å²) in [4.78, 5) is 19.0. The van der Waals surface area contributed by atoms with Gasteiger partial charge in [-0.3, -0.25) is 14.8 Å². The van der Waals surface area contributed by atoms with Gasteiger partial charge in [-0.05, 0) is 12.0 Å². The second-order valence-electron chi connectivity index (χ2n) is 5.91. The number of H-pyrrole nitrogens is 1. The minimum absolute atomic E-state index is 0.0123. The zero-order valence-corrected chi connectivity index (χ0v) is 14.4. The molecule has 0 spiro atoms. The normalized spacial score (nSPS) is 10.6. The summed E-state index contributed by atoms with van der Waals surface area (Å²) in [5.74, 6) is 1.12. The first-order valence-electron chi connectivity index (χ1n) is 8.60. The molecule has 0 aliphatic carbocycles. The van der Waals surface area contributed by atoms with Gasteiger partial charge in [0.25, 0.3) is 5.95 Å². The molecule has 0 saturated carbocycles. The van der Waals surface area contributed by atoms with Crippen LogP contribution in [-0.4, -0.2) is 27.6 Å². The van der Waals surface area contributed by atoms with Crippen LogP contribution in [0.4, 0.5) is 5.95 Å². The van der Waals surface area contributed by atoms with Crippen LogP contribution < -0.4 is 4.90 Å². The Balaban J connectivity index is 1.81. The number of nitrogens with zero attached hydrogens (tertiary/aromatic N) is 3. The van der Waals surface area contributed by atoms with Crippen LogP contribution in [-0.2, 0) is 11.2 Å². The van der Waals surface area contributed by atoms with E-state index in [2.05, 4.69) is 22.1 Å². The number of amides is 1. The van der Waals surface area contributed by atoms with Crippen LogP contribution in [0.5, 0.6) is 0 Å². The van der Waals surface area contributed by atoms with Crippen LogP contribution in [0.2, 0.25) is 0 Å². The Bertz CT molecular complexity index is 799. The Morgan fingerprint density at radius 1 is 1.04 bits per heavy atom. The molecular formula is C20H22N4O. The number of hydrogen-bond acceptors (Lipinski definition) is 3. The van der Waals surface area contributed by atoms with Gasteiger partial charge in [-0.2, -0.15) is 4.98 Å².